The van der Waals surface area contributed by atoms with Crippen LogP contribution in [0.1, 0.15) is 45.1 Å². The number of ether oxygens (including phenoxy) is 2. The molecule has 2 aromatic carbocycles. The molecule has 0 amide bonds. The molecule has 48 heavy (non-hydrogen) atoms. The molecule has 7 rings (SSSR count). The lowest BCUT2D eigenvalue weighted by molar-refractivity contribution is 0.0974. The van der Waals surface area contributed by atoms with Gasteiger partial charge in [-0.3, -0.25) is 4.90 Å². The smallest absolute Gasteiger partial charge is 0.319 e. The summed E-state index contributed by atoms with van der Waals surface area (Å²) in [6, 6.07) is 5.40. The minimum atomic E-state index is -0.818. The highest BCUT2D eigenvalue weighted by molar-refractivity contribution is 6.04. The number of likely N-dealkylation sites (tertiary alicyclic amines) is 1. The van der Waals surface area contributed by atoms with Crippen molar-refractivity contribution >= 4 is 27.5 Å². The van der Waals surface area contributed by atoms with Crippen LogP contribution in [-0.4, -0.2) is 90.7 Å². The number of alkyl halides is 1. The standard InChI is InChI=1S/C34H35F3N6O3.C2H6/c1-3-23-25(36)7-6-20-15-22(44)16-24(26(20)23)29-28(37)30-27(32(39-29)45-2)31(43-13-10-38-11-14-43)41-33(40-30)46-19-34(8-9-34)18-42-12-4-5-21(35)17-42;1-2/h1,6-7,15-16,21,38,44H,4-5,8-14,17-19H2,2H3;1-2H3. The molecular formula is C36H41F3N6O3. The van der Waals surface area contributed by atoms with Crippen molar-refractivity contribution in [3.8, 4) is 41.2 Å². The minimum absolute atomic E-state index is 0.00329. The maximum Gasteiger partial charge on any atom is 0.319 e. The molecule has 254 valence electrons. The summed E-state index contributed by atoms with van der Waals surface area (Å²) < 4.78 is 57.7. The molecule has 4 aromatic rings. The Hall–Kier alpha value is -4.34. The molecule has 1 saturated carbocycles. The summed E-state index contributed by atoms with van der Waals surface area (Å²) in [6.45, 7) is 8.91. The number of hydrogen-bond donors (Lipinski definition) is 2. The Balaban J connectivity index is 0.00000197. The van der Waals surface area contributed by atoms with Gasteiger partial charge in [0.1, 0.15) is 40.2 Å². The fraction of sp³-hybridized carbons (Fsp3) is 0.472. The third kappa shape index (κ3) is 6.54. The highest BCUT2D eigenvalue weighted by Gasteiger charge is 2.45. The third-order valence-electron chi connectivity index (χ3n) is 9.25. The van der Waals surface area contributed by atoms with Crippen LogP contribution in [-0.2, 0) is 0 Å². The van der Waals surface area contributed by atoms with E-state index in [1.807, 2.05) is 18.7 Å². The zero-order chi connectivity index (χ0) is 34.0. The van der Waals surface area contributed by atoms with Crippen LogP contribution in [0.3, 0.4) is 0 Å². The summed E-state index contributed by atoms with van der Waals surface area (Å²) in [5.41, 5.74) is -0.428. The number of pyridine rings is 1. The number of anilines is 1. The molecule has 3 fully saturated rings. The van der Waals surface area contributed by atoms with Crippen LogP contribution in [0.15, 0.2) is 24.3 Å². The van der Waals surface area contributed by atoms with E-state index in [9.17, 15) is 13.9 Å². The van der Waals surface area contributed by atoms with Gasteiger partial charge in [0, 0.05) is 55.6 Å². The summed E-state index contributed by atoms with van der Waals surface area (Å²) >= 11 is 0. The van der Waals surface area contributed by atoms with Crippen LogP contribution in [0, 0.1) is 29.4 Å². The van der Waals surface area contributed by atoms with E-state index >= 15 is 4.39 Å². The topological polar surface area (TPSA) is 95.9 Å². The van der Waals surface area contributed by atoms with Gasteiger partial charge in [0.2, 0.25) is 5.88 Å². The van der Waals surface area contributed by atoms with Crippen LogP contribution in [0.4, 0.5) is 19.0 Å². The predicted molar refractivity (Wildman–Crippen MR) is 181 cm³/mol. The number of phenols is 1. The third-order valence-corrected chi connectivity index (χ3v) is 9.25. The van der Waals surface area contributed by atoms with E-state index in [0.29, 0.717) is 57.0 Å². The van der Waals surface area contributed by atoms with Crippen LogP contribution < -0.4 is 19.7 Å². The van der Waals surface area contributed by atoms with Crippen molar-refractivity contribution < 1.29 is 27.8 Å². The van der Waals surface area contributed by atoms with E-state index in [-0.39, 0.29) is 56.2 Å². The lowest BCUT2D eigenvalue weighted by Gasteiger charge is -2.32. The van der Waals surface area contributed by atoms with Crippen LogP contribution in [0.25, 0.3) is 32.9 Å². The highest BCUT2D eigenvalue weighted by atomic mass is 19.1. The lowest BCUT2D eigenvalue weighted by atomic mass is 9.95. The summed E-state index contributed by atoms with van der Waals surface area (Å²) in [4.78, 5) is 18.0. The number of phenolic OH excluding ortho intramolecular Hbond substituents is 1. The molecule has 2 saturated heterocycles. The fourth-order valence-electron chi connectivity index (χ4n) is 6.71. The van der Waals surface area contributed by atoms with Gasteiger partial charge in [-0.1, -0.05) is 25.8 Å². The lowest BCUT2D eigenvalue weighted by Crippen LogP contribution is -2.44. The Labute approximate surface area is 278 Å². The van der Waals surface area contributed by atoms with Crippen molar-refractivity contribution in [3.63, 3.8) is 0 Å². The first-order valence-electron chi connectivity index (χ1n) is 16.6. The van der Waals surface area contributed by atoms with Gasteiger partial charge in [-0.25, -0.2) is 18.2 Å². The van der Waals surface area contributed by atoms with E-state index in [1.165, 1.54) is 31.4 Å². The van der Waals surface area contributed by atoms with Gasteiger partial charge in [0.05, 0.1) is 19.3 Å². The number of benzene rings is 2. The first-order chi connectivity index (χ1) is 23.3. The Morgan fingerprint density at radius 3 is 2.54 bits per heavy atom. The number of piperazine rings is 1. The first kappa shape index (κ1) is 33.6. The van der Waals surface area contributed by atoms with Gasteiger partial charge in [0.25, 0.3) is 0 Å². The van der Waals surface area contributed by atoms with Gasteiger partial charge in [0.15, 0.2) is 5.82 Å². The van der Waals surface area contributed by atoms with Crippen molar-refractivity contribution in [1.29, 1.82) is 0 Å². The Morgan fingerprint density at radius 2 is 1.85 bits per heavy atom. The van der Waals surface area contributed by atoms with Crippen molar-refractivity contribution in [2.45, 2.75) is 45.7 Å². The van der Waals surface area contributed by atoms with Gasteiger partial charge in [-0.2, -0.15) is 9.97 Å². The monoisotopic (exact) mass is 662 g/mol. The van der Waals surface area contributed by atoms with Crippen molar-refractivity contribution in [1.82, 2.24) is 25.2 Å². The van der Waals surface area contributed by atoms with E-state index in [2.05, 4.69) is 26.1 Å². The molecule has 0 bridgehead atoms. The quantitative estimate of drug-likeness (QED) is 0.226. The largest absolute Gasteiger partial charge is 0.508 e. The highest BCUT2D eigenvalue weighted by Crippen LogP contribution is 2.47. The number of aromatic nitrogens is 3. The molecule has 4 heterocycles. The SMILES string of the molecule is C#Cc1c(F)ccc2cc(O)cc(-c3nc(OC)c4c(N5CCNCC5)nc(OCC5(CN6CCCC(F)C6)CC5)nc4c3F)c12.CC. The average Bonchev–Trinajstić information content (AvgIpc) is 3.87. The molecule has 2 N–H and O–H groups in total. The average molecular weight is 663 g/mol. The molecular weight excluding hydrogens is 621 g/mol. The van der Waals surface area contributed by atoms with E-state index < -0.39 is 17.8 Å². The zero-order valence-corrected chi connectivity index (χ0v) is 27.6. The molecule has 1 atom stereocenters. The van der Waals surface area contributed by atoms with Crippen LogP contribution in [0.5, 0.6) is 17.6 Å². The van der Waals surface area contributed by atoms with E-state index in [4.69, 9.17) is 20.9 Å². The molecule has 12 heteroatoms. The molecule has 0 radical (unpaired) electrons. The fourth-order valence-corrected chi connectivity index (χ4v) is 6.71. The van der Waals surface area contributed by atoms with Gasteiger partial charge < -0.3 is 24.8 Å². The van der Waals surface area contributed by atoms with Gasteiger partial charge in [-0.15, -0.1) is 6.42 Å². The Bertz CT molecular complexity index is 1860. The maximum atomic E-state index is 16.9. The number of fused-ring (bicyclic) bond motifs is 2. The predicted octanol–water partition coefficient (Wildman–Crippen LogP) is 5.85. The van der Waals surface area contributed by atoms with Crippen molar-refractivity contribution in [2.75, 3.05) is 64.4 Å². The zero-order valence-electron chi connectivity index (χ0n) is 27.6. The van der Waals surface area contributed by atoms with E-state index in [1.54, 1.807) is 0 Å². The molecule has 2 aliphatic heterocycles. The number of aromatic hydroxyl groups is 1. The number of piperidine rings is 1. The molecule has 3 aliphatic rings. The second-order valence-electron chi connectivity index (χ2n) is 12.5. The van der Waals surface area contributed by atoms with Gasteiger partial charge in [-0.05, 0) is 55.8 Å². The maximum absolute atomic E-state index is 16.9. The summed E-state index contributed by atoms with van der Waals surface area (Å²) in [7, 11) is 1.42. The molecule has 2 aromatic heterocycles. The van der Waals surface area contributed by atoms with Crippen LogP contribution >= 0.6 is 0 Å². The number of nitrogens with zero attached hydrogens (tertiary/aromatic N) is 5. The molecule has 9 nitrogen and oxygen atoms in total. The second kappa shape index (κ2) is 14.0. The second-order valence-corrected chi connectivity index (χ2v) is 12.5. The van der Waals surface area contributed by atoms with Crippen LogP contribution in [0.2, 0.25) is 0 Å². The van der Waals surface area contributed by atoms with E-state index in [0.717, 1.165) is 32.4 Å². The van der Waals surface area contributed by atoms with Crippen molar-refractivity contribution in [2.24, 2.45) is 5.41 Å². The Morgan fingerprint density at radius 1 is 1.08 bits per heavy atom. The number of methoxy groups -OCH3 is 1. The minimum Gasteiger partial charge on any atom is -0.508 e. The van der Waals surface area contributed by atoms with Crippen molar-refractivity contribution in [3.05, 3.63) is 41.5 Å². The molecule has 1 unspecified atom stereocenters. The summed E-state index contributed by atoms with van der Waals surface area (Å²) in [6.07, 6.45) is 8.19. The number of halogens is 3. The normalized spacial score (nSPS) is 19.0. The molecule has 1 aliphatic carbocycles. The van der Waals surface area contributed by atoms with Gasteiger partial charge >= 0.3 is 6.01 Å². The number of rotatable bonds is 8. The number of terminal acetylenes is 1. The number of hydrogen-bond acceptors (Lipinski definition) is 9. The number of nitrogens with one attached hydrogen (secondary N) is 1. The Kier molecular flexibility index (Phi) is 9.80. The summed E-state index contributed by atoms with van der Waals surface area (Å²) in [5.74, 6) is 1.20. The molecule has 0 spiro atoms. The first-order valence-corrected chi connectivity index (χ1v) is 16.6. The summed E-state index contributed by atoms with van der Waals surface area (Å²) in [5, 5.41) is 14.8.